The average molecular weight is 286 g/mol. The fraction of sp³-hybridized carbons (Fsp3) is 0.500. The van der Waals surface area contributed by atoms with Crippen molar-refractivity contribution >= 4 is 5.91 Å². The fourth-order valence-electron chi connectivity index (χ4n) is 1.80. The Hall–Kier alpha value is -1.53. The van der Waals surface area contributed by atoms with Gasteiger partial charge in [-0.2, -0.15) is 0 Å². The van der Waals surface area contributed by atoms with E-state index in [1.54, 1.807) is 6.92 Å². The second kappa shape index (κ2) is 7.91. The molecule has 0 bridgehead atoms. The van der Waals surface area contributed by atoms with Crippen LogP contribution in [0, 0.1) is 11.6 Å². The monoisotopic (exact) mass is 286 g/mol. The van der Waals surface area contributed by atoms with E-state index in [0.717, 1.165) is 18.2 Å². The van der Waals surface area contributed by atoms with Crippen LogP contribution < -0.4 is 10.6 Å². The highest BCUT2D eigenvalue weighted by Crippen LogP contribution is 2.21. The summed E-state index contributed by atoms with van der Waals surface area (Å²) in [5.41, 5.74) is -0.0631. The number of rotatable bonds is 7. The first-order chi connectivity index (χ1) is 9.41. The molecular weight excluding hydrogens is 266 g/mol. The standard InChI is InChI=1S/C14H20F2N2O2/c1-9(17-6-3-7-18-10(2)19)14(20)12-8-11(15)4-5-13(12)16/h4-5,8-9,14,17,20H,3,6-7H2,1-2H3,(H,18,19). The van der Waals surface area contributed by atoms with E-state index in [1.165, 1.54) is 6.92 Å². The maximum absolute atomic E-state index is 13.5. The van der Waals surface area contributed by atoms with Crippen molar-refractivity contribution in [2.45, 2.75) is 32.4 Å². The number of amides is 1. The number of hydrogen-bond acceptors (Lipinski definition) is 3. The molecule has 1 aromatic rings. The maximum atomic E-state index is 13.5. The largest absolute Gasteiger partial charge is 0.387 e. The van der Waals surface area contributed by atoms with Crippen LogP contribution in [0.25, 0.3) is 0 Å². The van der Waals surface area contributed by atoms with Gasteiger partial charge in [0.1, 0.15) is 11.6 Å². The summed E-state index contributed by atoms with van der Waals surface area (Å²) in [5.74, 6) is -1.32. The minimum atomic E-state index is -1.13. The highest BCUT2D eigenvalue weighted by atomic mass is 19.1. The summed E-state index contributed by atoms with van der Waals surface area (Å²) >= 11 is 0. The van der Waals surface area contributed by atoms with Gasteiger partial charge in [-0.3, -0.25) is 4.79 Å². The minimum Gasteiger partial charge on any atom is -0.387 e. The molecule has 2 unspecified atom stereocenters. The first-order valence-electron chi connectivity index (χ1n) is 6.52. The summed E-state index contributed by atoms with van der Waals surface area (Å²) in [7, 11) is 0. The Balaban J connectivity index is 2.44. The quantitative estimate of drug-likeness (QED) is 0.666. The first kappa shape index (κ1) is 16.5. The zero-order valence-corrected chi connectivity index (χ0v) is 11.6. The van der Waals surface area contributed by atoms with E-state index in [9.17, 15) is 18.7 Å². The summed E-state index contributed by atoms with van der Waals surface area (Å²) in [5, 5.41) is 15.7. The minimum absolute atomic E-state index is 0.0631. The van der Waals surface area contributed by atoms with Gasteiger partial charge in [-0.15, -0.1) is 0 Å². The van der Waals surface area contributed by atoms with Crippen LogP contribution in [-0.2, 0) is 4.79 Å². The van der Waals surface area contributed by atoms with Gasteiger partial charge in [0.25, 0.3) is 0 Å². The molecule has 6 heteroatoms. The Bertz CT molecular complexity index is 455. The van der Waals surface area contributed by atoms with E-state index in [-0.39, 0.29) is 11.5 Å². The molecule has 1 aromatic carbocycles. The van der Waals surface area contributed by atoms with Gasteiger partial charge in [-0.25, -0.2) is 8.78 Å². The molecule has 3 N–H and O–H groups in total. The van der Waals surface area contributed by atoms with Crippen molar-refractivity contribution in [1.82, 2.24) is 10.6 Å². The molecule has 0 radical (unpaired) electrons. The SMILES string of the molecule is CC(=O)NCCCNC(C)C(O)c1cc(F)ccc1F. The van der Waals surface area contributed by atoms with Gasteiger partial charge in [0.05, 0.1) is 6.10 Å². The molecule has 0 spiro atoms. The Morgan fingerprint density at radius 3 is 2.70 bits per heavy atom. The lowest BCUT2D eigenvalue weighted by Crippen LogP contribution is -2.35. The number of halogens is 2. The molecule has 0 heterocycles. The summed E-state index contributed by atoms with van der Waals surface area (Å²) in [6, 6.07) is 2.58. The van der Waals surface area contributed by atoms with E-state index < -0.39 is 23.8 Å². The second-order valence-corrected chi connectivity index (χ2v) is 4.69. The van der Waals surface area contributed by atoms with Gasteiger partial charge in [-0.05, 0) is 38.1 Å². The number of carbonyl (C=O) groups excluding carboxylic acids is 1. The molecule has 0 saturated heterocycles. The van der Waals surface area contributed by atoms with E-state index >= 15 is 0 Å². The van der Waals surface area contributed by atoms with Crippen LogP contribution >= 0.6 is 0 Å². The number of hydrogen-bond donors (Lipinski definition) is 3. The molecule has 0 fully saturated rings. The first-order valence-corrected chi connectivity index (χ1v) is 6.52. The zero-order chi connectivity index (χ0) is 15.1. The Morgan fingerprint density at radius 2 is 2.05 bits per heavy atom. The molecular formula is C14H20F2N2O2. The van der Waals surface area contributed by atoms with Gasteiger partial charge < -0.3 is 15.7 Å². The number of aliphatic hydroxyl groups excluding tert-OH is 1. The van der Waals surface area contributed by atoms with Crippen LogP contribution in [0.1, 0.15) is 31.9 Å². The Kier molecular flexibility index (Phi) is 6.54. The fourth-order valence-corrected chi connectivity index (χ4v) is 1.80. The van der Waals surface area contributed by atoms with Crippen LogP contribution in [-0.4, -0.2) is 30.1 Å². The van der Waals surface area contributed by atoms with Crippen LogP contribution in [0.4, 0.5) is 8.78 Å². The third kappa shape index (κ3) is 5.22. The highest BCUT2D eigenvalue weighted by molar-refractivity contribution is 5.72. The normalized spacial score (nSPS) is 13.8. The van der Waals surface area contributed by atoms with Crippen LogP contribution in [0.3, 0.4) is 0 Å². The molecule has 0 saturated carbocycles. The number of nitrogens with one attached hydrogen (secondary N) is 2. The van der Waals surface area contributed by atoms with Crippen molar-refractivity contribution < 1.29 is 18.7 Å². The lowest BCUT2D eigenvalue weighted by atomic mass is 10.0. The third-order valence-electron chi connectivity index (χ3n) is 2.94. The lowest BCUT2D eigenvalue weighted by Gasteiger charge is -2.21. The van der Waals surface area contributed by atoms with Gasteiger partial charge in [0, 0.05) is 25.1 Å². The van der Waals surface area contributed by atoms with Gasteiger partial charge in [0.2, 0.25) is 5.91 Å². The summed E-state index contributed by atoms with van der Waals surface area (Å²) in [6.45, 7) is 4.20. The van der Waals surface area contributed by atoms with Crippen molar-refractivity contribution in [2.75, 3.05) is 13.1 Å². The van der Waals surface area contributed by atoms with Gasteiger partial charge >= 0.3 is 0 Å². The Labute approximate surface area is 117 Å². The smallest absolute Gasteiger partial charge is 0.216 e. The topological polar surface area (TPSA) is 61.4 Å². The van der Waals surface area contributed by atoms with E-state index in [1.807, 2.05) is 0 Å². The van der Waals surface area contributed by atoms with Crippen LogP contribution in [0.15, 0.2) is 18.2 Å². The van der Waals surface area contributed by atoms with Crippen molar-refractivity contribution in [3.05, 3.63) is 35.4 Å². The zero-order valence-electron chi connectivity index (χ0n) is 11.6. The highest BCUT2D eigenvalue weighted by Gasteiger charge is 2.19. The summed E-state index contributed by atoms with van der Waals surface area (Å²) in [6.07, 6.45) is -0.450. The molecule has 4 nitrogen and oxygen atoms in total. The van der Waals surface area contributed by atoms with Crippen molar-refractivity contribution in [3.63, 3.8) is 0 Å². The van der Waals surface area contributed by atoms with Crippen molar-refractivity contribution in [2.24, 2.45) is 0 Å². The van der Waals surface area contributed by atoms with E-state index in [2.05, 4.69) is 10.6 Å². The van der Waals surface area contributed by atoms with Crippen molar-refractivity contribution in [3.8, 4) is 0 Å². The molecule has 1 amide bonds. The molecule has 112 valence electrons. The summed E-state index contributed by atoms with van der Waals surface area (Å²) in [4.78, 5) is 10.7. The Morgan fingerprint density at radius 1 is 1.35 bits per heavy atom. The molecule has 0 aliphatic rings. The molecule has 2 atom stereocenters. The average Bonchev–Trinajstić information content (AvgIpc) is 2.39. The predicted octanol–water partition coefficient (Wildman–Crippen LogP) is 1.50. The molecule has 0 aliphatic heterocycles. The summed E-state index contributed by atoms with van der Waals surface area (Å²) < 4.78 is 26.6. The number of benzene rings is 1. The van der Waals surface area contributed by atoms with E-state index in [4.69, 9.17) is 0 Å². The molecule has 20 heavy (non-hydrogen) atoms. The second-order valence-electron chi connectivity index (χ2n) is 4.69. The van der Waals surface area contributed by atoms with Crippen molar-refractivity contribution in [1.29, 1.82) is 0 Å². The molecule has 1 rings (SSSR count). The van der Waals surface area contributed by atoms with Gasteiger partial charge in [-0.1, -0.05) is 0 Å². The molecule has 0 aromatic heterocycles. The van der Waals surface area contributed by atoms with E-state index in [0.29, 0.717) is 19.5 Å². The molecule has 0 aliphatic carbocycles. The number of aliphatic hydroxyl groups is 1. The maximum Gasteiger partial charge on any atom is 0.216 e. The lowest BCUT2D eigenvalue weighted by molar-refractivity contribution is -0.118. The predicted molar refractivity (Wildman–Crippen MR) is 72.1 cm³/mol. The van der Waals surface area contributed by atoms with Crippen LogP contribution in [0.2, 0.25) is 0 Å². The number of carbonyl (C=O) groups is 1. The third-order valence-corrected chi connectivity index (χ3v) is 2.94. The van der Waals surface area contributed by atoms with Gasteiger partial charge in [0.15, 0.2) is 0 Å². The van der Waals surface area contributed by atoms with Crippen LogP contribution in [0.5, 0.6) is 0 Å².